The molecule has 1 fully saturated rings. The number of hydrogen-bond acceptors (Lipinski definition) is 1. The Morgan fingerprint density at radius 1 is 1.39 bits per heavy atom. The molecule has 0 amide bonds. The lowest BCUT2D eigenvalue weighted by atomic mass is 9.91. The molecule has 2 atom stereocenters. The van der Waals surface area contributed by atoms with E-state index >= 15 is 0 Å². The summed E-state index contributed by atoms with van der Waals surface area (Å²) in [5.74, 6) is -0.405. The molecule has 0 spiro atoms. The van der Waals surface area contributed by atoms with Crippen molar-refractivity contribution in [3.63, 3.8) is 0 Å². The highest BCUT2D eigenvalue weighted by atomic mass is 19.1. The Bertz CT molecular complexity index is 431. The fourth-order valence-corrected chi connectivity index (χ4v) is 2.84. The van der Waals surface area contributed by atoms with E-state index in [1.54, 1.807) is 6.07 Å². The van der Waals surface area contributed by atoms with Gasteiger partial charge in [-0.3, -0.25) is 0 Å². The van der Waals surface area contributed by atoms with Crippen molar-refractivity contribution in [3.05, 3.63) is 35.4 Å². The van der Waals surface area contributed by atoms with Gasteiger partial charge in [0.15, 0.2) is 0 Å². The van der Waals surface area contributed by atoms with E-state index in [0.717, 1.165) is 25.5 Å². The second-order valence-corrected chi connectivity index (χ2v) is 5.63. The highest BCUT2D eigenvalue weighted by Crippen LogP contribution is 2.56. The van der Waals surface area contributed by atoms with E-state index in [1.807, 2.05) is 0 Å². The molecule has 1 aliphatic carbocycles. The Balaban J connectivity index is 2.25. The summed E-state index contributed by atoms with van der Waals surface area (Å²) in [5.41, 5.74) is 0.542. The van der Waals surface area contributed by atoms with Crippen LogP contribution in [0.1, 0.15) is 39.2 Å². The van der Waals surface area contributed by atoms with Crippen LogP contribution in [0, 0.1) is 17.6 Å². The SMILES string of the molecule is CCC1CC1(CNC(C)C)c1ccc(F)cc1F. The normalized spacial score (nSPS) is 26.7. The van der Waals surface area contributed by atoms with Gasteiger partial charge in [0.1, 0.15) is 11.6 Å². The summed E-state index contributed by atoms with van der Waals surface area (Å²) in [6, 6.07) is 4.35. The zero-order valence-electron chi connectivity index (χ0n) is 11.3. The minimum absolute atomic E-state index is 0.128. The first kappa shape index (κ1) is 13.5. The van der Waals surface area contributed by atoms with E-state index in [2.05, 4.69) is 26.1 Å². The summed E-state index contributed by atoms with van der Waals surface area (Å²) in [7, 11) is 0. The molecular formula is C15H21F2N. The molecule has 2 unspecified atom stereocenters. The maximum Gasteiger partial charge on any atom is 0.129 e. The Morgan fingerprint density at radius 2 is 2.11 bits per heavy atom. The van der Waals surface area contributed by atoms with Gasteiger partial charge in [0, 0.05) is 24.1 Å². The fourth-order valence-electron chi connectivity index (χ4n) is 2.84. The van der Waals surface area contributed by atoms with Crippen LogP contribution in [0.25, 0.3) is 0 Å². The molecule has 0 radical (unpaired) electrons. The summed E-state index contributed by atoms with van der Waals surface area (Å²) < 4.78 is 26.9. The summed E-state index contributed by atoms with van der Waals surface area (Å²) >= 11 is 0. The van der Waals surface area contributed by atoms with Crippen LogP contribution in [0.4, 0.5) is 8.78 Å². The predicted octanol–water partition coefficient (Wildman–Crippen LogP) is 3.63. The molecule has 1 saturated carbocycles. The molecule has 0 aliphatic heterocycles. The van der Waals surface area contributed by atoms with Gasteiger partial charge in [-0.25, -0.2) is 8.78 Å². The molecular weight excluding hydrogens is 232 g/mol. The molecule has 1 nitrogen and oxygen atoms in total. The summed E-state index contributed by atoms with van der Waals surface area (Å²) in [4.78, 5) is 0. The molecule has 100 valence electrons. The third-order valence-electron chi connectivity index (χ3n) is 4.02. The largest absolute Gasteiger partial charge is 0.314 e. The van der Waals surface area contributed by atoms with E-state index in [9.17, 15) is 8.78 Å². The van der Waals surface area contributed by atoms with Gasteiger partial charge in [-0.15, -0.1) is 0 Å². The Kier molecular flexibility index (Phi) is 3.71. The van der Waals surface area contributed by atoms with Gasteiger partial charge in [-0.1, -0.05) is 33.3 Å². The fraction of sp³-hybridized carbons (Fsp3) is 0.600. The molecule has 3 heteroatoms. The van der Waals surface area contributed by atoms with Crippen LogP contribution in [0.5, 0.6) is 0 Å². The van der Waals surface area contributed by atoms with Crippen LogP contribution in [-0.4, -0.2) is 12.6 Å². The van der Waals surface area contributed by atoms with E-state index in [1.165, 1.54) is 6.07 Å². The van der Waals surface area contributed by atoms with Crippen molar-refractivity contribution in [2.75, 3.05) is 6.54 Å². The molecule has 1 aliphatic rings. The number of benzene rings is 1. The molecule has 0 bridgehead atoms. The summed E-state index contributed by atoms with van der Waals surface area (Å²) in [5, 5.41) is 3.39. The quantitative estimate of drug-likeness (QED) is 0.845. The third kappa shape index (κ3) is 2.41. The maximum atomic E-state index is 14.0. The van der Waals surface area contributed by atoms with Crippen molar-refractivity contribution in [3.8, 4) is 0 Å². The van der Waals surface area contributed by atoms with E-state index in [0.29, 0.717) is 17.5 Å². The Hall–Kier alpha value is -0.960. The van der Waals surface area contributed by atoms with Crippen molar-refractivity contribution >= 4 is 0 Å². The highest BCUT2D eigenvalue weighted by molar-refractivity contribution is 5.36. The zero-order valence-corrected chi connectivity index (χ0v) is 11.3. The van der Waals surface area contributed by atoms with Crippen LogP contribution in [-0.2, 0) is 5.41 Å². The summed E-state index contributed by atoms with van der Waals surface area (Å²) in [6.07, 6.45) is 2.03. The first-order valence-corrected chi connectivity index (χ1v) is 6.68. The number of nitrogens with one attached hydrogen (secondary N) is 1. The van der Waals surface area contributed by atoms with Gasteiger partial charge in [-0.05, 0) is 24.0 Å². The van der Waals surface area contributed by atoms with Gasteiger partial charge < -0.3 is 5.32 Å². The lowest BCUT2D eigenvalue weighted by Crippen LogP contribution is -2.33. The number of rotatable bonds is 5. The second-order valence-electron chi connectivity index (χ2n) is 5.63. The minimum Gasteiger partial charge on any atom is -0.314 e. The first-order chi connectivity index (χ1) is 8.49. The predicted molar refractivity (Wildman–Crippen MR) is 69.6 cm³/mol. The zero-order chi connectivity index (χ0) is 13.3. The van der Waals surface area contributed by atoms with Crippen molar-refractivity contribution in [2.24, 2.45) is 5.92 Å². The van der Waals surface area contributed by atoms with Gasteiger partial charge >= 0.3 is 0 Å². The van der Waals surface area contributed by atoms with Crippen molar-refractivity contribution < 1.29 is 8.78 Å². The first-order valence-electron chi connectivity index (χ1n) is 6.68. The summed E-state index contributed by atoms with van der Waals surface area (Å²) in [6.45, 7) is 7.06. The molecule has 1 N–H and O–H groups in total. The van der Waals surface area contributed by atoms with Crippen molar-refractivity contribution in [2.45, 2.75) is 45.1 Å². The monoisotopic (exact) mass is 253 g/mol. The minimum atomic E-state index is -0.503. The number of hydrogen-bond donors (Lipinski definition) is 1. The molecule has 18 heavy (non-hydrogen) atoms. The van der Waals surface area contributed by atoms with Gasteiger partial charge in [0.25, 0.3) is 0 Å². The van der Waals surface area contributed by atoms with E-state index in [4.69, 9.17) is 0 Å². The molecule has 0 saturated heterocycles. The molecule has 0 aromatic heterocycles. The average Bonchev–Trinajstić information content (AvgIpc) is 3.01. The molecule has 1 aromatic carbocycles. The lowest BCUT2D eigenvalue weighted by Gasteiger charge is -2.21. The van der Waals surface area contributed by atoms with Crippen LogP contribution in [0.2, 0.25) is 0 Å². The van der Waals surface area contributed by atoms with Crippen molar-refractivity contribution in [1.29, 1.82) is 0 Å². The van der Waals surface area contributed by atoms with Crippen LogP contribution in [0.3, 0.4) is 0 Å². The standard InChI is InChI=1S/C15H21F2N/c1-4-11-8-15(11,9-18-10(2)3)13-6-5-12(16)7-14(13)17/h5-7,10-11,18H,4,8-9H2,1-3H3. The molecule has 1 aromatic rings. The van der Waals surface area contributed by atoms with Crippen LogP contribution in [0.15, 0.2) is 18.2 Å². The smallest absolute Gasteiger partial charge is 0.129 e. The number of halogens is 2. The highest BCUT2D eigenvalue weighted by Gasteiger charge is 2.54. The lowest BCUT2D eigenvalue weighted by molar-refractivity contribution is 0.464. The van der Waals surface area contributed by atoms with Gasteiger partial charge in [0.2, 0.25) is 0 Å². The van der Waals surface area contributed by atoms with E-state index in [-0.39, 0.29) is 5.41 Å². The van der Waals surface area contributed by atoms with Gasteiger partial charge in [0.05, 0.1) is 0 Å². The topological polar surface area (TPSA) is 12.0 Å². The molecule has 2 rings (SSSR count). The maximum absolute atomic E-state index is 14.0. The Morgan fingerprint density at radius 3 is 2.61 bits per heavy atom. The Labute approximate surface area is 108 Å². The molecule has 0 heterocycles. The van der Waals surface area contributed by atoms with Gasteiger partial charge in [-0.2, -0.15) is 0 Å². The second kappa shape index (κ2) is 4.96. The van der Waals surface area contributed by atoms with Crippen LogP contribution < -0.4 is 5.32 Å². The third-order valence-corrected chi connectivity index (χ3v) is 4.02. The van der Waals surface area contributed by atoms with Crippen LogP contribution >= 0.6 is 0 Å². The van der Waals surface area contributed by atoms with E-state index < -0.39 is 11.6 Å². The van der Waals surface area contributed by atoms with Crippen molar-refractivity contribution in [1.82, 2.24) is 5.32 Å². The average molecular weight is 253 g/mol.